The molecule has 2 aromatic rings. The first kappa shape index (κ1) is 19.3. The Kier molecular flexibility index (Phi) is 6.36. The number of halogens is 4. The van der Waals surface area contributed by atoms with Crippen molar-refractivity contribution in [3.05, 3.63) is 35.2 Å². The maximum atomic E-state index is 13.1. The quantitative estimate of drug-likeness (QED) is 0.684. The summed E-state index contributed by atoms with van der Waals surface area (Å²) in [6.45, 7) is 3.89. The standard InChI is InChI=1S/C13H14F3S.BrO4/c1-9(2)7-11-8-10-5-3-4-6-12(10)17(11)13(14,15)16;2-1(3,4)5/h3-6,8-9H,7H2,1-2H3;/q+1;-1. The molecule has 0 aliphatic rings. The first-order valence-corrected chi connectivity index (χ1v) is 9.93. The molecule has 0 bridgehead atoms. The fourth-order valence-electron chi connectivity index (χ4n) is 1.98. The molecule has 4 nitrogen and oxygen atoms in total. The zero-order valence-electron chi connectivity index (χ0n) is 11.7. The van der Waals surface area contributed by atoms with E-state index in [4.69, 9.17) is 16.8 Å². The maximum Gasteiger partial charge on any atom is 0.600 e. The number of hydrogen-bond acceptors (Lipinski definition) is 4. The molecule has 1 unspecified atom stereocenters. The Morgan fingerprint density at radius 3 is 2.05 bits per heavy atom. The topological polar surface area (TPSA) is 92.2 Å². The molecule has 124 valence electrons. The third kappa shape index (κ3) is 6.19. The molecular weight excluding hydrogens is 389 g/mol. The molecule has 1 heterocycles. The van der Waals surface area contributed by atoms with E-state index in [1.54, 1.807) is 30.3 Å². The van der Waals surface area contributed by atoms with Crippen LogP contribution in [0.5, 0.6) is 0 Å². The summed E-state index contributed by atoms with van der Waals surface area (Å²) in [6.07, 6.45) is 0.511. The van der Waals surface area contributed by atoms with Crippen molar-refractivity contribution in [1.29, 1.82) is 0 Å². The van der Waals surface area contributed by atoms with Crippen molar-refractivity contribution < 1.29 is 44.1 Å². The van der Waals surface area contributed by atoms with E-state index in [0.717, 1.165) is 5.39 Å². The van der Waals surface area contributed by atoms with Gasteiger partial charge in [0.2, 0.25) is 0 Å². The summed E-state index contributed by atoms with van der Waals surface area (Å²) in [5, 5.41) is 0.726. The van der Waals surface area contributed by atoms with Crippen LogP contribution in [-0.4, -0.2) is 0 Å². The molecule has 1 atom stereocenters. The summed E-state index contributed by atoms with van der Waals surface area (Å²) in [7, 11) is -1.72. The summed E-state index contributed by atoms with van der Waals surface area (Å²) in [4.78, 5) is 0.522. The van der Waals surface area contributed by atoms with E-state index in [9.17, 15) is 13.2 Å². The van der Waals surface area contributed by atoms with Gasteiger partial charge in [-0.3, -0.25) is 16.8 Å². The molecule has 0 spiro atoms. The summed E-state index contributed by atoms with van der Waals surface area (Å²) in [6, 6.07) is 8.53. The SMILES string of the molecule is CC(C)Cc1cc2ccccc2[s+]1C(F)(F)F.[O-][Br+3]([O-])([O-])[O-]. The largest absolute Gasteiger partial charge is 0.600 e. The van der Waals surface area contributed by atoms with E-state index in [1.807, 2.05) is 13.8 Å². The molecule has 0 fully saturated rings. The zero-order valence-corrected chi connectivity index (χ0v) is 14.1. The molecule has 0 aliphatic carbocycles. The predicted molar refractivity (Wildman–Crippen MR) is 66.3 cm³/mol. The average molecular weight is 403 g/mol. The minimum atomic E-state index is -5.62. The van der Waals surface area contributed by atoms with Crippen LogP contribution in [0.2, 0.25) is 0 Å². The van der Waals surface area contributed by atoms with E-state index in [1.165, 1.54) is 0 Å². The highest BCUT2D eigenvalue weighted by atomic mass is 80.0. The second kappa shape index (κ2) is 7.24. The fourth-order valence-corrected chi connectivity index (χ4v) is 4.13. The maximum absolute atomic E-state index is 13.1. The molecule has 1 aromatic heterocycles. The average Bonchev–Trinajstić information content (AvgIpc) is 2.62. The van der Waals surface area contributed by atoms with Gasteiger partial charge in [0.05, 0.1) is 24.6 Å². The highest BCUT2D eigenvalue weighted by Gasteiger charge is 2.47. The number of rotatable bonds is 2. The molecule has 0 amide bonds. The van der Waals surface area contributed by atoms with Gasteiger partial charge in [-0.2, -0.15) is 0 Å². The van der Waals surface area contributed by atoms with Crippen LogP contribution in [0, 0.1) is 20.0 Å². The van der Waals surface area contributed by atoms with Crippen LogP contribution in [-0.2, 0) is 11.9 Å². The lowest BCUT2D eigenvalue weighted by Gasteiger charge is -2.11. The summed E-state index contributed by atoms with van der Waals surface area (Å²) in [5.41, 5.74) is -4.16. The predicted octanol–water partition coefficient (Wildman–Crippen LogP) is 0.508. The molecule has 0 radical (unpaired) electrons. The van der Waals surface area contributed by atoms with Crippen LogP contribution in [0.1, 0.15) is 18.7 Å². The highest BCUT2D eigenvalue weighted by molar-refractivity contribution is 7.38. The summed E-state index contributed by atoms with van der Waals surface area (Å²) in [5.74, 6) is 0.243. The second-order valence-electron chi connectivity index (χ2n) is 4.88. The summed E-state index contributed by atoms with van der Waals surface area (Å²) >= 11 is -5.62. The number of hydrogen-bond donors (Lipinski definition) is 0. The van der Waals surface area contributed by atoms with Gasteiger partial charge >= 0.3 is 5.51 Å². The molecule has 0 aliphatic heterocycles. The van der Waals surface area contributed by atoms with Crippen LogP contribution in [0.3, 0.4) is 0 Å². The van der Waals surface area contributed by atoms with E-state index in [-0.39, 0.29) is 5.92 Å². The molecule has 1 aromatic carbocycles. The van der Waals surface area contributed by atoms with Crippen molar-refractivity contribution in [3.8, 4) is 0 Å². The lowest BCUT2D eigenvalue weighted by Crippen LogP contribution is -2.68. The Labute approximate surface area is 131 Å². The van der Waals surface area contributed by atoms with Gasteiger partial charge in [-0.25, -0.2) is 0 Å². The Morgan fingerprint density at radius 1 is 1.09 bits per heavy atom. The van der Waals surface area contributed by atoms with Gasteiger partial charge in [0.15, 0.2) is 9.58 Å². The molecule has 0 N–H and O–H groups in total. The Balaban J connectivity index is 0.000000422. The van der Waals surface area contributed by atoms with Gasteiger partial charge < -0.3 is 0 Å². The smallest absolute Gasteiger partial charge is 0.264 e. The third-order valence-corrected chi connectivity index (χ3v) is 4.64. The molecule has 22 heavy (non-hydrogen) atoms. The van der Waals surface area contributed by atoms with Crippen LogP contribution < -0.4 is 16.8 Å². The second-order valence-corrected chi connectivity index (χ2v) is 8.50. The molecule has 2 rings (SSSR count). The number of fused-ring (bicyclic) bond motifs is 1. The van der Waals surface area contributed by atoms with Gasteiger partial charge in [0.25, 0.3) is 0 Å². The normalized spacial score (nSPS) is 13.3. The first-order chi connectivity index (χ1) is 9.89. The lowest BCUT2D eigenvalue weighted by atomic mass is 10.1. The minimum Gasteiger partial charge on any atom is -0.264 e. The number of benzene rings is 1. The Hall–Kier alpha value is -0.710. The van der Waals surface area contributed by atoms with Crippen LogP contribution in [0.4, 0.5) is 13.2 Å². The van der Waals surface area contributed by atoms with Crippen molar-refractivity contribution in [2.75, 3.05) is 0 Å². The molecule has 0 saturated heterocycles. The van der Waals surface area contributed by atoms with Gasteiger partial charge in [-0.05, 0) is 18.1 Å². The van der Waals surface area contributed by atoms with E-state index >= 15 is 0 Å². The third-order valence-electron chi connectivity index (χ3n) is 2.56. The Morgan fingerprint density at radius 2 is 1.59 bits per heavy atom. The van der Waals surface area contributed by atoms with E-state index < -0.39 is 30.1 Å². The van der Waals surface area contributed by atoms with Gasteiger partial charge in [0, 0.05) is 17.9 Å². The van der Waals surface area contributed by atoms with Crippen LogP contribution in [0.25, 0.3) is 10.1 Å². The van der Waals surface area contributed by atoms with Crippen molar-refractivity contribution in [1.82, 2.24) is 0 Å². The molecule has 0 saturated carbocycles. The van der Waals surface area contributed by atoms with Crippen LogP contribution in [0.15, 0.2) is 30.3 Å². The number of thiophene rings is 1. The fraction of sp³-hybridized carbons (Fsp3) is 0.385. The van der Waals surface area contributed by atoms with E-state index in [2.05, 4.69) is 0 Å². The highest BCUT2D eigenvalue weighted by Crippen LogP contribution is 2.51. The molecule has 9 heteroatoms. The zero-order chi connectivity index (χ0) is 17.1. The summed E-state index contributed by atoms with van der Waals surface area (Å²) < 4.78 is 74.1. The van der Waals surface area contributed by atoms with Crippen molar-refractivity contribution in [2.45, 2.75) is 25.8 Å². The van der Waals surface area contributed by atoms with Crippen molar-refractivity contribution in [3.63, 3.8) is 0 Å². The Bertz CT molecular complexity index is 614. The van der Waals surface area contributed by atoms with E-state index in [0.29, 0.717) is 16.0 Å². The van der Waals surface area contributed by atoms with Crippen LogP contribution >= 0.6 is 10.5 Å². The van der Waals surface area contributed by atoms with Crippen molar-refractivity contribution in [2.24, 2.45) is 5.92 Å². The van der Waals surface area contributed by atoms with Gasteiger partial charge in [-0.1, -0.05) is 26.0 Å². The van der Waals surface area contributed by atoms with Gasteiger partial charge in [0.1, 0.15) is 0 Å². The molecular formula is C13H14BrF3O4S. The monoisotopic (exact) mass is 402 g/mol. The first-order valence-electron chi connectivity index (χ1n) is 6.12. The lowest BCUT2D eigenvalue weighted by molar-refractivity contribution is -2.00. The van der Waals surface area contributed by atoms with Gasteiger partial charge in [-0.15, -0.1) is 13.2 Å². The van der Waals surface area contributed by atoms with Crippen molar-refractivity contribution >= 4 is 20.6 Å². The minimum absolute atomic E-state index is 0.243. The number of alkyl halides is 3.